The van der Waals surface area contributed by atoms with Crippen LogP contribution in [0.4, 0.5) is 11.4 Å². The van der Waals surface area contributed by atoms with E-state index in [1.807, 2.05) is 12.1 Å². The highest BCUT2D eigenvalue weighted by molar-refractivity contribution is 5.93. The van der Waals surface area contributed by atoms with Gasteiger partial charge in [-0.2, -0.15) is 0 Å². The van der Waals surface area contributed by atoms with E-state index in [1.165, 1.54) is 0 Å². The summed E-state index contributed by atoms with van der Waals surface area (Å²) >= 11 is 0. The lowest BCUT2D eigenvalue weighted by molar-refractivity contribution is -0.142. The van der Waals surface area contributed by atoms with Crippen molar-refractivity contribution in [3.63, 3.8) is 0 Å². The van der Waals surface area contributed by atoms with Crippen molar-refractivity contribution < 1.29 is 14.3 Å². The van der Waals surface area contributed by atoms with Gasteiger partial charge in [0.2, 0.25) is 11.8 Å². The van der Waals surface area contributed by atoms with E-state index in [0.717, 1.165) is 0 Å². The van der Waals surface area contributed by atoms with Crippen LogP contribution in [0.15, 0.2) is 24.3 Å². The number of carbonyl (C=O) groups is 2. The number of carbonyl (C=O) groups excluding carboxylic acids is 2. The van der Waals surface area contributed by atoms with Gasteiger partial charge in [-0.25, -0.2) is 0 Å². The Kier molecular flexibility index (Phi) is 4.95. The van der Waals surface area contributed by atoms with Crippen LogP contribution in [-0.2, 0) is 14.3 Å². The minimum Gasteiger partial charge on any atom is -0.397 e. The number of nitrogens with one attached hydrogen (secondary N) is 1. The second-order valence-electron chi connectivity index (χ2n) is 4.67. The average molecular weight is 277 g/mol. The SMILES string of the molecule is Nc1ccccc1NC(=O)CCCN1CCOCC1=O. The van der Waals surface area contributed by atoms with Crippen LogP contribution < -0.4 is 11.1 Å². The molecule has 0 aromatic heterocycles. The van der Waals surface area contributed by atoms with Crippen molar-refractivity contribution in [1.82, 2.24) is 4.90 Å². The molecule has 2 amide bonds. The normalized spacial score (nSPS) is 15.2. The molecule has 2 rings (SSSR count). The van der Waals surface area contributed by atoms with E-state index in [4.69, 9.17) is 10.5 Å². The minimum absolute atomic E-state index is 0.0102. The fourth-order valence-electron chi connectivity index (χ4n) is 2.04. The Morgan fingerprint density at radius 3 is 2.95 bits per heavy atom. The maximum atomic E-state index is 11.8. The number of morpholine rings is 1. The van der Waals surface area contributed by atoms with E-state index in [-0.39, 0.29) is 18.4 Å². The van der Waals surface area contributed by atoms with E-state index < -0.39 is 0 Å². The van der Waals surface area contributed by atoms with Gasteiger partial charge in [-0.3, -0.25) is 9.59 Å². The van der Waals surface area contributed by atoms with Gasteiger partial charge in [0, 0.05) is 19.5 Å². The van der Waals surface area contributed by atoms with E-state index >= 15 is 0 Å². The Morgan fingerprint density at radius 2 is 2.20 bits per heavy atom. The van der Waals surface area contributed by atoms with Crippen LogP contribution in [0.3, 0.4) is 0 Å². The number of rotatable bonds is 5. The molecule has 1 saturated heterocycles. The largest absolute Gasteiger partial charge is 0.397 e. The fraction of sp³-hybridized carbons (Fsp3) is 0.429. The molecule has 0 atom stereocenters. The first-order valence-corrected chi connectivity index (χ1v) is 6.66. The van der Waals surface area contributed by atoms with E-state index in [0.29, 0.717) is 43.9 Å². The van der Waals surface area contributed by atoms with Crippen LogP contribution in [0.25, 0.3) is 0 Å². The van der Waals surface area contributed by atoms with E-state index in [9.17, 15) is 9.59 Å². The quantitative estimate of drug-likeness (QED) is 0.781. The molecule has 1 aliphatic heterocycles. The molecule has 0 unspecified atom stereocenters. The molecule has 1 heterocycles. The van der Waals surface area contributed by atoms with Gasteiger partial charge < -0.3 is 20.7 Å². The number of para-hydroxylation sites is 2. The molecule has 108 valence electrons. The molecule has 6 heteroatoms. The summed E-state index contributed by atoms with van der Waals surface area (Å²) in [7, 11) is 0. The van der Waals surface area contributed by atoms with Gasteiger partial charge in [-0.05, 0) is 18.6 Å². The molecule has 0 radical (unpaired) electrons. The summed E-state index contributed by atoms with van der Waals surface area (Å²) in [6.07, 6.45) is 0.989. The molecule has 20 heavy (non-hydrogen) atoms. The maximum absolute atomic E-state index is 11.8. The topological polar surface area (TPSA) is 84.7 Å². The fourth-order valence-corrected chi connectivity index (χ4v) is 2.04. The third kappa shape index (κ3) is 3.96. The molecular formula is C14H19N3O3. The highest BCUT2D eigenvalue weighted by Crippen LogP contribution is 2.17. The number of amides is 2. The predicted molar refractivity (Wildman–Crippen MR) is 76.1 cm³/mol. The van der Waals surface area contributed by atoms with Crippen molar-refractivity contribution >= 4 is 23.2 Å². The Bertz CT molecular complexity index is 490. The van der Waals surface area contributed by atoms with Crippen molar-refractivity contribution in [2.24, 2.45) is 0 Å². The van der Waals surface area contributed by atoms with E-state index in [2.05, 4.69) is 5.32 Å². The summed E-state index contributed by atoms with van der Waals surface area (Å²) in [6.45, 7) is 1.90. The maximum Gasteiger partial charge on any atom is 0.248 e. The first-order valence-electron chi connectivity index (χ1n) is 6.66. The number of hydrogen-bond donors (Lipinski definition) is 2. The number of anilines is 2. The number of benzene rings is 1. The molecule has 1 aromatic carbocycles. The first kappa shape index (κ1) is 14.3. The molecule has 3 N–H and O–H groups in total. The van der Waals surface area contributed by atoms with Crippen LogP contribution in [0, 0.1) is 0 Å². The lowest BCUT2D eigenvalue weighted by Gasteiger charge is -2.26. The third-order valence-corrected chi connectivity index (χ3v) is 3.15. The lowest BCUT2D eigenvalue weighted by atomic mass is 10.2. The zero-order valence-corrected chi connectivity index (χ0v) is 11.3. The van der Waals surface area contributed by atoms with Crippen LogP contribution in [-0.4, -0.2) is 43.0 Å². The van der Waals surface area contributed by atoms with Crippen molar-refractivity contribution in [3.8, 4) is 0 Å². The lowest BCUT2D eigenvalue weighted by Crippen LogP contribution is -2.42. The zero-order valence-electron chi connectivity index (χ0n) is 11.3. The number of nitrogens with zero attached hydrogens (tertiary/aromatic N) is 1. The highest BCUT2D eigenvalue weighted by atomic mass is 16.5. The minimum atomic E-state index is -0.0939. The molecule has 0 saturated carbocycles. The van der Waals surface area contributed by atoms with Crippen LogP contribution in [0.1, 0.15) is 12.8 Å². The van der Waals surface area contributed by atoms with Gasteiger partial charge in [-0.15, -0.1) is 0 Å². The van der Waals surface area contributed by atoms with Gasteiger partial charge in [0.1, 0.15) is 6.61 Å². The number of ether oxygens (including phenoxy) is 1. The first-order chi connectivity index (χ1) is 9.66. The summed E-state index contributed by atoms with van der Waals surface area (Å²) in [6, 6.07) is 7.13. The average Bonchev–Trinajstić information content (AvgIpc) is 2.43. The Labute approximate surface area is 117 Å². The summed E-state index contributed by atoms with van der Waals surface area (Å²) in [4.78, 5) is 25.0. The molecule has 0 aliphatic carbocycles. The molecule has 1 fully saturated rings. The Balaban J connectivity index is 1.73. The summed E-state index contributed by atoms with van der Waals surface area (Å²) in [5.74, 6) is -0.104. The zero-order chi connectivity index (χ0) is 14.4. The van der Waals surface area contributed by atoms with Crippen molar-refractivity contribution in [2.45, 2.75) is 12.8 Å². The summed E-state index contributed by atoms with van der Waals surface area (Å²) in [5, 5.41) is 2.77. The highest BCUT2D eigenvalue weighted by Gasteiger charge is 2.18. The van der Waals surface area contributed by atoms with E-state index in [1.54, 1.807) is 17.0 Å². The molecular weight excluding hydrogens is 258 g/mol. The third-order valence-electron chi connectivity index (χ3n) is 3.15. The van der Waals surface area contributed by atoms with Crippen LogP contribution in [0.5, 0.6) is 0 Å². The predicted octanol–water partition coefficient (Wildman–Crippen LogP) is 0.846. The van der Waals surface area contributed by atoms with Gasteiger partial charge in [0.05, 0.1) is 18.0 Å². The van der Waals surface area contributed by atoms with Gasteiger partial charge >= 0.3 is 0 Å². The standard InChI is InChI=1S/C14H19N3O3/c15-11-4-1-2-5-12(11)16-13(18)6-3-7-17-8-9-20-10-14(17)19/h1-2,4-5H,3,6-10,15H2,(H,16,18). The molecule has 1 aromatic rings. The van der Waals surface area contributed by atoms with Crippen molar-refractivity contribution in [1.29, 1.82) is 0 Å². The molecule has 6 nitrogen and oxygen atoms in total. The van der Waals surface area contributed by atoms with Gasteiger partial charge in [0.15, 0.2) is 0 Å². The van der Waals surface area contributed by atoms with Crippen LogP contribution >= 0.6 is 0 Å². The van der Waals surface area contributed by atoms with Crippen molar-refractivity contribution in [3.05, 3.63) is 24.3 Å². The second kappa shape index (κ2) is 6.91. The number of nitrogens with two attached hydrogens (primary N) is 1. The van der Waals surface area contributed by atoms with Crippen molar-refractivity contribution in [2.75, 3.05) is 37.4 Å². The smallest absolute Gasteiger partial charge is 0.248 e. The number of hydrogen-bond acceptors (Lipinski definition) is 4. The Morgan fingerprint density at radius 1 is 1.40 bits per heavy atom. The molecule has 1 aliphatic rings. The summed E-state index contributed by atoms with van der Waals surface area (Å²) in [5.41, 5.74) is 6.92. The van der Waals surface area contributed by atoms with Gasteiger partial charge in [0.25, 0.3) is 0 Å². The molecule has 0 spiro atoms. The Hall–Kier alpha value is -2.08. The number of nitrogen functional groups attached to an aromatic ring is 1. The monoisotopic (exact) mass is 277 g/mol. The molecule has 0 bridgehead atoms. The second-order valence-corrected chi connectivity index (χ2v) is 4.67. The van der Waals surface area contributed by atoms with Gasteiger partial charge in [-0.1, -0.05) is 12.1 Å². The van der Waals surface area contributed by atoms with Crippen LogP contribution in [0.2, 0.25) is 0 Å². The summed E-state index contributed by atoms with van der Waals surface area (Å²) < 4.78 is 5.05.